The maximum absolute atomic E-state index is 13.8. The van der Waals surface area contributed by atoms with Gasteiger partial charge in [0, 0.05) is 36.0 Å². The molecule has 0 aliphatic carbocycles. The van der Waals surface area contributed by atoms with Crippen LogP contribution in [0, 0.1) is 11.5 Å². The summed E-state index contributed by atoms with van der Waals surface area (Å²) in [5.74, 6) is -1.37. The van der Waals surface area contributed by atoms with Gasteiger partial charge in [-0.1, -0.05) is 18.2 Å². The lowest BCUT2D eigenvalue weighted by Crippen LogP contribution is -2.46. The zero-order chi connectivity index (χ0) is 30.6. The first-order valence-electron chi connectivity index (χ1n) is 13.1. The van der Waals surface area contributed by atoms with E-state index in [0.717, 1.165) is 39.9 Å². The molecule has 1 atom stereocenters. The summed E-state index contributed by atoms with van der Waals surface area (Å²) in [5, 5.41) is 20.4. The van der Waals surface area contributed by atoms with Crippen molar-refractivity contribution in [3.8, 4) is 6.19 Å². The minimum absolute atomic E-state index is 0.0941. The average molecular weight is 607 g/mol. The van der Waals surface area contributed by atoms with Crippen molar-refractivity contribution in [2.45, 2.75) is 31.6 Å². The van der Waals surface area contributed by atoms with Crippen LogP contribution in [0.4, 0.5) is 30.2 Å². The number of rotatable bonds is 7. The Morgan fingerprint density at radius 2 is 1.91 bits per heavy atom. The first-order chi connectivity index (χ1) is 20.6. The Bertz CT molecular complexity index is 1740. The first-order valence-corrected chi connectivity index (χ1v) is 14.0. The lowest BCUT2D eigenvalue weighted by molar-refractivity contribution is -0.137. The number of aliphatic imine (C=N–C) groups is 1. The van der Waals surface area contributed by atoms with Crippen molar-refractivity contribution in [1.82, 2.24) is 9.88 Å². The monoisotopic (exact) mass is 606 g/mol. The van der Waals surface area contributed by atoms with Gasteiger partial charge in [-0.3, -0.25) is 14.6 Å². The van der Waals surface area contributed by atoms with Gasteiger partial charge in [0.2, 0.25) is 18.1 Å². The van der Waals surface area contributed by atoms with Crippen LogP contribution in [0.3, 0.4) is 0 Å². The minimum atomic E-state index is -4.74. The normalized spacial score (nSPS) is 15.3. The number of nitrogens with one attached hydrogen (secondary N) is 3. The van der Waals surface area contributed by atoms with Crippen molar-refractivity contribution in [2.75, 3.05) is 22.5 Å². The molecule has 2 amide bonds. The quantitative estimate of drug-likeness (QED) is 0.125. The van der Waals surface area contributed by atoms with Gasteiger partial charge in [0.25, 0.3) is 5.91 Å². The number of primary amides is 1. The van der Waals surface area contributed by atoms with Gasteiger partial charge < -0.3 is 26.6 Å². The van der Waals surface area contributed by atoms with Crippen LogP contribution in [-0.4, -0.2) is 40.2 Å². The van der Waals surface area contributed by atoms with Gasteiger partial charge in [0.1, 0.15) is 10.9 Å². The summed E-state index contributed by atoms with van der Waals surface area (Å²) in [6.07, 6.45) is -0.438. The second-order valence-electron chi connectivity index (χ2n) is 9.67. The Morgan fingerprint density at radius 3 is 2.65 bits per heavy atom. The molecular formula is C29H25F3N8O2S. The summed E-state index contributed by atoms with van der Waals surface area (Å²) in [5.41, 5.74) is 6.51. The number of nitrogens with zero attached hydrogens (tertiary/aromatic N) is 4. The third kappa shape index (κ3) is 6.68. The molecule has 2 aromatic heterocycles. The molecule has 5 rings (SSSR count). The van der Waals surface area contributed by atoms with Gasteiger partial charge in [0.05, 0.1) is 16.8 Å². The highest BCUT2D eigenvalue weighted by molar-refractivity contribution is 7.12. The van der Waals surface area contributed by atoms with Crippen LogP contribution >= 0.6 is 11.3 Å². The van der Waals surface area contributed by atoms with Crippen molar-refractivity contribution < 1.29 is 22.8 Å². The van der Waals surface area contributed by atoms with Gasteiger partial charge in [0.15, 0.2) is 0 Å². The lowest BCUT2D eigenvalue weighted by atomic mass is 10.1. The van der Waals surface area contributed by atoms with Crippen LogP contribution in [0.1, 0.15) is 33.6 Å². The van der Waals surface area contributed by atoms with E-state index in [1.165, 1.54) is 11.0 Å². The number of amides is 2. The Morgan fingerprint density at radius 1 is 1.14 bits per heavy atom. The topological polar surface area (TPSA) is 149 Å². The van der Waals surface area contributed by atoms with Gasteiger partial charge in [-0.05, 0) is 60.2 Å². The van der Waals surface area contributed by atoms with Crippen LogP contribution in [0.25, 0.3) is 10.9 Å². The number of hydrogen-bond acceptors (Lipinski definition) is 7. The summed E-state index contributed by atoms with van der Waals surface area (Å²) < 4.78 is 41.5. The van der Waals surface area contributed by atoms with Crippen LogP contribution in [0.5, 0.6) is 0 Å². The zero-order valence-corrected chi connectivity index (χ0v) is 23.3. The van der Waals surface area contributed by atoms with E-state index >= 15 is 0 Å². The number of guanidine groups is 1. The molecule has 0 spiro atoms. The van der Waals surface area contributed by atoms with E-state index in [0.29, 0.717) is 31.6 Å². The number of likely N-dealkylation sites (tertiary alicyclic amines) is 1. The molecule has 14 heteroatoms. The van der Waals surface area contributed by atoms with Crippen molar-refractivity contribution in [3.05, 3.63) is 82.2 Å². The molecule has 0 radical (unpaired) electrons. The summed E-state index contributed by atoms with van der Waals surface area (Å²) in [7, 11) is 0. The predicted molar refractivity (Wildman–Crippen MR) is 158 cm³/mol. The molecule has 1 aliphatic heterocycles. The number of nitriles is 1. The second kappa shape index (κ2) is 12.4. The standard InChI is InChI=1S/C29H25F3N8O2S/c30-29(31,32)18-12-19(14-20(13-18)39-28(37-16-33)40-10-3-6-24(40)26(34)41)38-27(42)25-23(8-11-43-25)36-15-17-7-9-35-22-5-2-1-4-21(17)22/h1-2,4-5,7-9,11-14,24,36H,3,6,10,15H2,(H2,34,41)(H,37,39)(H,38,42). The van der Waals surface area contributed by atoms with E-state index in [1.54, 1.807) is 23.8 Å². The number of benzene rings is 2. The molecule has 4 aromatic rings. The number of fused-ring (bicyclic) bond motifs is 1. The van der Waals surface area contributed by atoms with Crippen molar-refractivity contribution in [2.24, 2.45) is 10.7 Å². The van der Waals surface area contributed by atoms with Gasteiger partial charge in [-0.15, -0.1) is 16.3 Å². The number of thiophene rings is 1. The Balaban J connectivity index is 1.37. The van der Waals surface area contributed by atoms with E-state index in [-0.39, 0.29) is 22.2 Å². The zero-order valence-electron chi connectivity index (χ0n) is 22.5. The second-order valence-corrected chi connectivity index (χ2v) is 10.6. The number of hydrogen-bond donors (Lipinski definition) is 4. The first kappa shape index (κ1) is 29.3. The number of halogens is 3. The highest BCUT2D eigenvalue weighted by Crippen LogP contribution is 2.34. The predicted octanol–water partition coefficient (Wildman–Crippen LogP) is 5.38. The fraction of sp³-hybridized carbons (Fsp3) is 0.207. The lowest BCUT2D eigenvalue weighted by Gasteiger charge is -2.26. The summed E-state index contributed by atoms with van der Waals surface area (Å²) >= 11 is 1.14. The van der Waals surface area contributed by atoms with Crippen LogP contribution in [-0.2, 0) is 17.5 Å². The minimum Gasteiger partial charge on any atom is -0.380 e. The third-order valence-corrected chi connectivity index (χ3v) is 7.78. The summed E-state index contributed by atoms with van der Waals surface area (Å²) in [6, 6.07) is 13.4. The van der Waals surface area contributed by atoms with Gasteiger partial charge in [-0.25, -0.2) is 0 Å². The molecule has 1 saturated heterocycles. The molecule has 1 unspecified atom stereocenters. The number of nitrogens with two attached hydrogens (primary N) is 1. The number of para-hydroxylation sites is 1. The Hall–Kier alpha value is -5.16. The van der Waals surface area contributed by atoms with Gasteiger partial charge >= 0.3 is 6.18 Å². The highest BCUT2D eigenvalue weighted by atomic mass is 32.1. The summed E-state index contributed by atoms with van der Waals surface area (Å²) in [4.78, 5) is 34.9. The molecule has 0 saturated carbocycles. The molecule has 43 heavy (non-hydrogen) atoms. The molecule has 1 fully saturated rings. The van der Waals surface area contributed by atoms with Crippen molar-refractivity contribution >= 4 is 57.1 Å². The summed E-state index contributed by atoms with van der Waals surface area (Å²) in [6.45, 7) is 0.717. The smallest absolute Gasteiger partial charge is 0.380 e. The number of aromatic nitrogens is 1. The molecule has 0 bridgehead atoms. The highest BCUT2D eigenvalue weighted by Gasteiger charge is 2.34. The van der Waals surface area contributed by atoms with E-state index in [2.05, 4.69) is 25.9 Å². The van der Waals surface area contributed by atoms with Gasteiger partial charge in [-0.2, -0.15) is 18.4 Å². The average Bonchev–Trinajstić information content (AvgIpc) is 3.66. The molecule has 3 heterocycles. The maximum Gasteiger partial charge on any atom is 0.416 e. The molecular weight excluding hydrogens is 581 g/mol. The number of pyridine rings is 1. The maximum atomic E-state index is 13.8. The van der Waals surface area contributed by atoms with E-state index in [9.17, 15) is 28.0 Å². The third-order valence-electron chi connectivity index (χ3n) is 6.86. The molecule has 2 aromatic carbocycles. The van der Waals surface area contributed by atoms with E-state index < -0.39 is 29.6 Å². The van der Waals surface area contributed by atoms with Crippen LogP contribution < -0.4 is 21.7 Å². The SMILES string of the molecule is N#CN=C(Nc1cc(NC(=O)c2sccc2NCc2ccnc3ccccc23)cc(C(F)(F)F)c1)N1CCCC1C(N)=O. The van der Waals surface area contributed by atoms with E-state index in [1.807, 2.05) is 30.3 Å². The largest absolute Gasteiger partial charge is 0.416 e. The van der Waals surface area contributed by atoms with Crippen LogP contribution in [0.2, 0.25) is 0 Å². The van der Waals surface area contributed by atoms with Crippen molar-refractivity contribution in [1.29, 1.82) is 5.26 Å². The fourth-order valence-electron chi connectivity index (χ4n) is 4.90. The molecule has 220 valence electrons. The Labute approximate surface area is 248 Å². The van der Waals surface area contributed by atoms with Crippen molar-refractivity contribution in [3.63, 3.8) is 0 Å². The molecule has 5 N–H and O–H groups in total. The number of alkyl halides is 3. The molecule has 10 nitrogen and oxygen atoms in total. The van der Waals surface area contributed by atoms with E-state index in [4.69, 9.17) is 5.73 Å². The fourth-order valence-corrected chi connectivity index (χ4v) is 5.67. The number of carbonyl (C=O) groups is 2. The van der Waals surface area contributed by atoms with Crippen LogP contribution in [0.15, 0.2) is 71.2 Å². The number of anilines is 3. The Kier molecular flexibility index (Phi) is 8.44. The number of carbonyl (C=O) groups excluding carboxylic acids is 2. The molecule has 1 aliphatic rings.